The molecule has 9 N–H and O–H groups in total. The summed E-state index contributed by atoms with van der Waals surface area (Å²) in [7, 11) is 0. The zero-order chi connectivity index (χ0) is 18.7. The highest BCUT2D eigenvalue weighted by Crippen LogP contribution is 2.22. The van der Waals surface area contributed by atoms with Crippen LogP contribution in [0.2, 0.25) is 0 Å². The molecule has 0 aromatic carbocycles. The Kier molecular flexibility index (Phi) is 7.57. The molecule has 2 saturated heterocycles. The van der Waals surface area contributed by atoms with Crippen molar-refractivity contribution < 1.29 is 0 Å². The molecule has 2 fully saturated rings. The van der Waals surface area contributed by atoms with E-state index in [-0.39, 0.29) is 36.6 Å². The lowest BCUT2D eigenvalue weighted by Gasteiger charge is -2.37. The normalized spacial score (nSPS) is 28.4. The maximum atomic E-state index is 6.12. The van der Waals surface area contributed by atoms with Crippen LogP contribution in [-0.2, 0) is 0 Å². The maximum absolute atomic E-state index is 6.12. The van der Waals surface area contributed by atoms with E-state index in [1.165, 1.54) is 0 Å². The molecule has 0 amide bonds. The third kappa shape index (κ3) is 5.63. The zero-order valence-corrected chi connectivity index (χ0v) is 16.3. The van der Waals surface area contributed by atoms with Gasteiger partial charge in [0.2, 0.25) is 17.8 Å². The number of hydrogen-bond acceptors (Lipinski definition) is 10. The molecule has 4 atom stereocenters. The Labute approximate surface area is 166 Å². The third-order valence-electron chi connectivity index (χ3n) is 4.61. The van der Waals surface area contributed by atoms with Crippen LogP contribution < -0.4 is 38.1 Å². The second-order valence-electron chi connectivity index (χ2n) is 7.25. The highest BCUT2D eigenvalue weighted by Gasteiger charge is 2.28. The number of anilines is 3. The van der Waals surface area contributed by atoms with Crippen molar-refractivity contribution in [2.24, 2.45) is 22.9 Å². The highest BCUT2D eigenvalue weighted by molar-refractivity contribution is 5.85. The fourth-order valence-corrected chi connectivity index (χ4v) is 3.56. The van der Waals surface area contributed by atoms with E-state index in [1.807, 2.05) is 9.80 Å². The van der Waals surface area contributed by atoms with Gasteiger partial charge >= 0.3 is 0 Å². The first-order chi connectivity index (χ1) is 12.4. The van der Waals surface area contributed by atoms with Crippen LogP contribution in [0, 0.1) is 0 Å². The van der Waals surface area contributed by atoms with Crippen LogP contribution in [0.3, 0.4) is 0 Å². The summed E-state index contributed by atoms with van der Waals surface area (Å²) >= 11 is 0. The Balaban J connectivity index is 0.00000261. The topological polar surface area (TPSA) is 161 Å². The predicted octanol–water partition coefficient (Wildman–Crippen LogP) is -1.38. The van der Waals surface area contributed by atoms with Crippen molar-refractivity contribution in [1.82, 2.24) is 15.0 Å². The van der Waals surface area contributed by atoms with Crippen molar-refractivity contribution in [3.8, 4) is 0 Å². The highest BCUT2D eigenvalue weighted by atomic mass is 35.5. The van der Waals surface area contributed by atoms with E-state index >= 15 is 0 Å². The van der Waals surface area contributed by atoms with Gasteiger partial charge in [-0.3, -0.25) is 0 Å². The molecule has 2 aliphatic heterocycles. The summed E-state index contributed by atoms with van der Waals surface area (Å²) in [6.07, 6.45) is 3.35. The van der Waals surface area contributed by atoms with E-state index < -0.39 is 0 Å². The van der Waals surface area contributed by atoms with Crippen LogP contribution in [0.15, 0.2) is 12.7 Å². The average Bonchev–Trinajstić information content (AvgIpc) is 2.58. The summed E-state index contributed by atoms with van der Waals surface area (Å²) in [5.74, 6) is 1.63. The van der Waals surface area contributed by atoms with E-state index in [0.29, 0.717) is 50.6 Å². The molecule has 0 bridgehead atoms. The van der Waals surface area contributed by atoms with Gasteiger partial charge in [-0.2, -0.15) is 15.0 Å². The van der Waals surface area contributed by atoms with Gasteiger partial charge in [0.15, 0.2) is 0 Å². The summed E-state index contributed by atoms with van der Waals surface area (Å²) in [5, 5.41) is 3.14. The van der Waals surface area contributed by atoms with Crippen LogP contribution in [-0.4, -0.2) is 71.8 Å². The molecular formula is C16H31ClN10. The van der Waals surface area contributed by atoms with Gasteiger partial charge in [0, 0.05) is 56.9 Å². The van der Waals surface area contributed by atoms with Crippen molar-refractivity contribution in [3.63, 3.8) is 0 Å². The first-order valence-corrected chi connectivity index (χ1v) is 9.07. The van der Waals surface area contributed by atoms with Crippen LogP contribution >= 0.6 is 12.4 Å². The van der Waals surface area contributed by atoms with Crippen LogP contribution in [0.1, 0.15) is 12.8 Å². The third-order valence-corrected chi connectivity index (χ3v) is 4.61. The SMILES string of the molecule is C=CCNc1nc(N2C[C@H](N)C[C@H](N)C2)nc(N2C[C@H](N)C[C@H](N)C2)n1.Cl. The number of hydrogen-bond donors (Lipinski definition) is 5. The summed E-state index contributed by atoms with van der Waals surface area (Å²) in [6.45, 7) is 6.93. The number of halogens is 1. The molecule has 2 aliphatic rings. The summed E-state index contributed by atoms with van der Waals surface area (Å²) in [4.78, 5) is 17.8. The molecule has 0 aliphatic carbocycles. The smallest absolute Gasteiger partial charge is 0.232 e. The molecule has 10 nitrogen and oxygen atoms in total. The number of nitrogens with zero attached hydrogens (tertiary/aromatic N) is 5. The summed E-state index contributed by atoms with van der Waals surface area (Å²) < 4.78 is 0. The van der Waals surface area contributed by atoms with Gasteiger partial charge in [-0.05, 0) is 12.8 Å². The van der Waals surface area contributed by atoms with Crippen molar-refractivity contribution in [1.29, 1.82) is 0 Å². The lowest BCUT2D eigenvalue weighted by atomic mass is 10.0. The number of piperidine rings is 2. The monoisotopic (exact) mass is 398 g/mol. The summed E-state index contributed by atoms with van der Waals surface area (Å²) in [6, 6.07) is 0.00141. The predicted molar refractivity (Wildman–Crippen MR) is 111 cm³/mol. The number of aromatic nitrogens is 3. The van der Waals surface area contributed by atoms with Gasteiger partial charge in [0.1, 0.15) is 0 Å². The Hall–Kier alpha value is -1.72. The Morgan fingerprint density at radius 3 is 1.63 bits per heavy atom. The maximum Gasteiger partial charge on any atom is 0.232 e. The largest absolute Gasteiger partial charge is 0.351 e. The van der Waals surface area contributed by atoms with Gasteiger partial charge in [0.05, 0.1) is 0 Å². The standard InChI is InChI=1S/C16H30N10.ClH/c1-2-3-21-14-22-15(25-6-10(17)4-11(18)7-25)24-16(23-14)26-8-12(19)5-13(20)9-26;/h2,10-13H,1,3-9,17-20H2,(H,21,22,23,24);1H/t10-,11+,12-,13+;. The van der Waals surface area contributed by atoms with Gasteiger partial charge in [-0.1, -0.05) is 6.08 Å². The van der Waals surface area contributed by atoms with Gasteiger partial charge in [-0.25, -0.2) is 0 Å². The fourth-order valence-electron chi connectivity index (χ4n) is 3.56. The van der Waals surface area contributed by atoms with Crippen molar-refractivity contribution in [2.75, 3.05) is 47.8 Å². The second-order valence-corrected chi connectivity index (χ2v) is 7.25. The van der Waals surface area contributed by atoms with E-state index in [0.717, 1.165) is 12.8 Å². The van der Waals surface area contributed by atoms with E-state index in [1.54, 1.807) is 6.08 Å². The number of nitrogens with one attached hydrogen (secondary N) is 1. The van der Waals surface area contributed by atoms with Crippen molar-refractivity contribution in [3.05, 3.63) is 12.7 Å². The van der Waals surface area contributed by atoms with E-state index in [4.69, 9.17) is 22.9 Å². The number of rotatable bonds is 5. The lowest BCUT2D eigenvalue weighted by Crippen LogP contribution is -2.54. The molecule has 11 heteroatoms. The molecule has 0 radical (unpaired) electrons. The van der Waals surface area contributed by atoms with Crippen LogP contribution in [0.4, 0.5) is 17.8 Å². The van der Waals surface area contributed by atoms with Crippen LogP contribution in [0.25, 0.3) is 0 Å². The molecule has 1 aromatic rings. The van der Waals surface area contributed by atoms with E-state index in [9.17, 15) is 0 Å². The fraction of sp³-hybridized carbons (Fsp3) is 0.688. The Bertz CT molecular complexity index is 565. The molecule has 1 aromatic heterocycles. The van der Waals surface area contributed by atoms with Gasteiger partial charge in [0.25, 0.3) is 0 Å². The lowest BCUT2D eigenvalue weighted by molar-refractivity contribution is 0.441. The Morgan fingerprint density at radius 2 is 1.26 bits per heavy atom. The van der Waals surface area contributed by atoms with Gasteiger partial charge < -0.3 is 38.1 Å². The average molecular weight is 399 g/mol. The molecule has 3 rings (SSSR count). The van der Waals surface area contributed by atoms with Crippen molar-refractivity contribution >= 4 is 30.3 Å². The molecule has 27 heavy (non-hydrogen) atoms. The molecule has 0 saturated carbocycles. The summed E-state index contributed by atoms with van der Waals surface area (Å²) in [5.41, 5.74) is 24.5. The Morgan fingerprint density at radius 1 is 0.852 bits per heavy atom. The minimum atomic E-state index is 0. The molecule has 0 unspecified atom stereocenters. The van der Waals surface area contributed by atoms with E-state index in [2.05, 4.69) is 26.8 Å². The second kappa shape index (κ2) is 9.47. The molecule has 152 valence electrons. The molecule has 3 heterocycles. The minimum Gasteiger partial charge on any atom is -0.351 e. The molecule has 0 spiro atoms. The minimum absolute atomic E-state index is 0. The molecular weight excluding hydrogens is 368 g/mol. The first kappa shape index (κ1) is 21.6. The van der Waals surface area contributed by atoms with Crippen molar-refractivity contribution in [2.45, 2.75) is 37.0 Å². The number of nitrogens with two attached hydrogens (primary N) is 4. The first-order valence-electron chi connectivity index (χ1n) is 9.07. The zero-order valence-electron chi connectivity index (χ0n) is 15.5. The quantitative estimate of drug-likeness (QED) is 0.373. The van der Waals surface area contributed by atoms with Crippen LogP contribution in [0.5, 0.6) is 0 Å². The van der Waals surface area contributed by atoms with Gasteiger partial charge in [-0.15, -0.1) is 19.0 Å².